The van der Waals surface area contributed by atoms with E-state index in [1.165, 1.54) is 6.92 Å². The maximum absolute atomic E-state index is 12.4. The van der Waals surface area contributed by atoms with E-state index < -0.39 is 85.6 Å². The highest BCUT2D eigenvalue weighted by atomic mass is 16.8. The van der Waals surface area contributed by atoms with Gasteiger partial charge in [0.15, 0.2) is 12.6 Å². The van der Waals surface area contributed by atoms with E-state index in [9.17, 15) is 46.0 Å². The van der Waals surface area contributed by atoms with Gasteiger partial charge in [0.2, 0.25) is 0 Å². The van der Waals surface area contributed by atoms with Gasteiger partial charge in [-0.05, 0) is 116 Å². The highest BCUT2D eigenvalue weighted by Crippen LogP contribution is 2.89. The van der Waals surface area contributed by atoms with Crippen LogP contribution in [-0.2, 0) is 18.9 Å². The second-order valence-electron chi connectivity index (χ2n) is 20.7. The number of aliphatic hydroxyl groups is 9. The third kappa shape index (κ3) is 6.18. The molecule has 7 aliphatic rings. The van der Waals surface area contributed by atoms with Gasteiger partial charge in [-0.3, -0.25) is 0 Å². The van der Waals surface area contributed by atoms with Gasteiger partial charge in [0.1, 0.15) is 42.7 Å². The van der Waals surface area contributed by atoms with Gasteiger partial charge in [-0.2, -0.15) is 0 Å². The van der Waals surface area contributed by atoms with Crippen molar-refractivity contribution in [3.05, 3.63) is 0 Å². The number of rotatable bonds is 10. The van der Waals surface area contributed by atoms with E-state index in [1.807, 2.05) is 13.8 Å². The summed E-state index contributed by atoms with van der Waals surface area (Å²) in [6, 6.07) is 0. The molecule has 2 unspecified atom stereocenters. The molecule has 13 nitrogen and oxygen atoms in total. The number of hydrogen-bond acceptors (Lipinski definition) is 13. The monoisotopic (exact) mass is 784 g/mol. The Hall–Kier alpha value is -0.520. The molecule has 0 bridgehead atoms. The molecule has 2 heterocycles. The van der Waals surface area contributed by atoms with E-state index >= 15 is 0 Å². The quantitative estimate of drug-likeness (QED) is 0.145. The lowest BCUT2D eigenvalue weighted by molar-refractivity contribution is -0.375. The molecule has 2 saturated heterocycles. The fraction of sp³-hybridized carbons (Fsp3) is 1.00. The predicted molar refractivity (Wildman–Crippen MR) is 199 cm³/mol. The van der Waals surface area contributed by atoms with Crippen molar-refractivity contribution in [1.82, 2.24) is 0 Å². The molecule has 0 amide bonds. The van der Waals surface area contributed by atoms with Gasteiger partial charge in [0.05, 0.1) is 37.1 Å². The first-order valence-electron chi connectivity index (χ1n) is 21.3. The Morgan fingerprint density at radius 3 is 2.05 bits per heavy atom. The van der Waals surface area contributed by atoms with Crippen LogP contribution in [-0.4, -0.2) is 138 Å². The average molecular weight is 785 g/mol. The summed E-state index contributed by atoms with van der Waals surface area (Å²) in [5.74, 6) is 0.876. The van der Waals surface area contributed by atoms with Crippen molar-refractivity contribution in [2.75, 3.05) is 6.61 Å². The molecule has 22 atom stereocenters. The fourth-order valence-corrected chi connectivity index (χ4v) is 14.4. The summed E-state index contributed by atoms with van der Waals surface area (Å²) in [5, 5.41) is 98.4. The fourth-order valence-electron chi connectivity index (χ4n) is 14.4. The lowest BCUT2D eigenvalue weighted by atomic mass is 9.41. The SMILES string of the molecule is CC(C)C(O)CC[C@@H](C)[C@H]1[C@@H](O)C[C@@]2(C)[C@@H]3CC[C@H]4C(C)(C)[C@@H](O[C@@H]5O[C@H](CO)[C@@H](O)[C@H](O)[C@H]5O[C@@H]5O[C@@H](C)[C@H](O)[C@@H](O)[C@H]5O)CC[C@@]45C[C@@]35CC(O)[C@]12C. The van der Waals surface area contributed by atoms with E-state index in [4.69, 9.17) is 18.9 Å². The smallest absolute Gasteiger partial charge is 0.187 e. The normalized spacial score (nSPS) is 55.5. The van der Waals surface area contributed by atoms with Gasteiger partial charge >= 0.3 is 0 Å². The molecular formula is C42H72O13. The summed E-state index contributed by atoms with van der Waals surface area (Å²) in [7, 11) is 0. The molecule has 2 spiro atoms. The number of fused-ring (bicyclic) bond motifs is 2. The molecule has 55 heavy (non-hydrogen) atoms. The summed E-state index contributed by atoms with van der Waals surface area (Å²) in [6.07, 6.45) is -8.26. The third-order valence-corrected chi connectivity index (χ3v) is 17.7. The Balaban J connectivity index is 1.10. The summed E-state index contributed by atoms with van der Waals surface area (Å²) in [6.45, 7) is 16.2. The first-order chi connectivity index (χ1) is 25.6. The maximum atomic E-state index is 12.4. The van der Waals surface area contributed by atoms with E-state index in [1.54, 1.807) is 0 Å². The van der Waals surface area contributed by atoms with Crippen molar-refractivity contribution >= 4 is 0 Å². The topological polar surface area (TPSA) is 219 Å². The van der Waals surface area contributed by atoms with Gasteiger partial charge in [-0.15, -0.1) is 0 Å². The zero-order chi connectivity index (χ0) is 40.4. The molecule has 0 aromatic carbocycles. The molecule has 5 saturated carbocycles. The van der Waals surface area contributed by atoms with Gasteiger partial charge in [-0.25, -0.2) is 0 Å². The zero-order valence-electron chi connectivity index (χ0n) is 34.2. The Morgan fingerprint density at radius 2 is 1.40 bits per heavy atom. The van der Waals surface area contributed by atoms with Crippen molar-refractivity contribution < 1.29 is 64.9 Å². The number of aliphatic hydroxyl groups excluding tert-OH is 9. The van der Waals surface area contributed by atoms with Crippen LogP contribution < -0.4 is 0 Å². The number of ether oxygens (including phenoxy) is 4. The van der Waals surface area contributed by atoms with Crippen LogP contribution in [0.15, 0.2) is 0 Å². The van der Waals surface area contributed by atoms with Crippen LogP contribution in [0.2, 0.25) is 0 Å². The molecule has 5 aliphatic carbocycles. The van der Waals surface area contributed by atoms with Crippen molar-refractivity contribution in [2.24, 2.45) is 56.7 Å². The van der Waals surface area contributed by atoms with Crippen LogP contribution in [0.3, 0.4) is 0 Å². The van der Waals surface area contributed by atoms with Gasteiger partial charge in [0.25, 0.3) is 0 Å². The lowest BCUT2D eigenvalue weighted by Gasteiger charge is -2.64. The third-order valence-electron chi connectivity index (χ3n) is 17.7. The van der Waals surface area contributed by atoms with Crippen molar-refractivity contribution in [1.29, 1.82) is 0 Å². The van der Waals surface area contributed by atoms with Crippen LogP contribution in [0.4, 0.5) is 0 Å². The van der Waals surface area contributed by atoms with Crippen molar-refractivity contribution in [3.63, 3.8) is 0 Å². The van der Waals surface area contributed by atoms with Crippen molar-refractivity contribution in [3.8, 4) is 0 Å². The molecular weight excluding hydrogens is 712 g/mol. The molecule has 7 rings (SSSR count). The van der Waals surface area contributed by atoms with E-state index in [0.29, 0.717) is 31.6 Å². The Labute approximate surface area is 326 Å². The Kier molecular flexibility index (Phi) is 11.3. The summed E-state index contributed by atoms with van der Waals surface area (Å²) < 4.78 is 24.5. The molecule has 0 radical (unpaired) electrons. The highest BCUT2D eigenvalue weighted by Gasteiger charge is 2.84. The van der Waals surface area contributed by atoms with Gasteiger partial charge in [0, 0.05) is 5.41 Å². The largest absolute Gasteiger partial charge is 0.394 e. The molecule has 13 heteroatoms. The van der Waals surface area contributed by atoms with Crippen molar-refractivity contribution in [2.45, 2.75) is 199 Å². The first-order valence-corrected chi connectivity index (χ1v) is 21.3. The second kappa shape index (κ2) is 14.6. The average Bonchev–Trinajstić information content (AvgIpc) is 3.72. The van der Waals surface area contributed by atoms with Crippen LogP contribution in [0.25, 0.3) is 0 Å². The van der Waals surface area contributed by atoms with E-state index in [0.717, 1.165) is 32.1 Å². The molecule has 2 aliphatic heterocycles. The standard InChI is InChI=1S/C42H72O13/c1-19(2)22(44)10-9-20(3)29-23(45)15-39(7)26-12-11-25-38(5,6)28(13-14-41(25)18-42(26,41)16-27(46)40(29,39)8)54-37-35(33(50)31(48)24(17-43)53-37)55-36-34(51)32(49)30(47)21(4)52-36/h19-37,43-51H,9-18H2,1-8H3/t20-,21+,22?,23+,24-,25+,26+,27?,28+,29+,30+,31-,32-,33+,34-,35-,36+,37+,39+,40-,41-,42+/m1/s1. The minimum atomic E-state index is -1.65. The summed E-state index contributed by atoms with van der Waals surface area (Å²) in [5.41, 5.74) is -1.15. The minimum absolute atomic E-state index is 0.000447. The lowest BCUT2D eigenvalue weighted by Crippen LogP contribution is -2.65. The molecule has 318 valence electrons. The molecule has 7 fully saturated rings. The van der Waals surface area contributed by atoms with Crippen LogP contribution in [0.1, 0.15) is 113 Å². The number of hydrogen-bond donors (Lipinski definition) is 9. The van der Waals surface area contributed by atoms with Crippen LogP contribution in [0.5, 0.6) is 0 Å². The summed E-state index contributed by atoms with van der Waals surface area (Å²) in [4.78, 5) is 0. The van der Waals surface area contributed by atoms with E-state index in [2.05, 4.69) is 34.6 Å². The highest BCUT2D eigenvalue weighted by molar-refractivity contribution is 5.32. The van der Waals surface area contributed by atoms with Gasteiger partial charge in [-0.1, -0.05) is 48.5 Å². The molecule has 0 aromatic heterocycles. The molecule has 9 N–H and O–H groups in total. The van der Waals surface area contributed by atoms with Crippen LogP contribution in [0, 0.1) is 56.7 Å². The zero-order valence-corrected chi connectivity index (χ0v) is 34.2. The maximum Gasteiger partial charge on any atom is 0.187 e. The first kappa shape index (κ1) is 42.6. The predicted octanol–water partition coefficient (Wildman–Crippen LogP) is 1.84. The Morgan fingerprint density at radius 1 is 0.727 bits per heavy atom. The Bertz CT molecular complexity index is 1380. The summed E-state index contributed by atoms with van der Waals surface area (Å²) >= 11 is 0. The van der Waals surface area contributed by atoms with Gasteiger partial charge < -0.3 is 64.9 Å². The second-order valence-corrected chi connectivity index (χ2v) is 20.7. The van der Waals surface area contributed by atoms with Crippen LogP contribution >= 0.6 is 0 Å². The molecule has 0 aromatic rings. The van der Waals surface area contributed by atoms with E-state index in [-0.39, 0.29) is 57.5 Å². The minimum Gasteiger partial charge on any atom is -0.394 e.